The summed E-state index contributed by atoms with van der Waals surface area (Å²) >= 11 is 0. The molecule has 0 spiro atoms. The zero-order valence-corrected chi connectivity index (χ0v) is 14.4. The van der Waals surface area contributed by atoms with Crippen molar-refractivity contribution in [2.75, 3.05) is 26.3 Å². The third-order valence-electron chi connectivity index (χ3n) is 4.14. The molecule has 6 heteroatoms. The van der Waals surface area contributed by atoms with E-state index in [2.05, 4.69) is 5.32 Å². The Bertz CT molecular complexity index is 697. The maximum absolute atomic E-state index is 12.9. The highest BCUT2D eigenvalue weighted by molar-refractivity contribution is 5.72. The van der Waals surface area contributed by atoms with E-state index >= 15 is 0 Å². The summed E-state index contributed by atoms with van der Waals surface area (Å²) in [7, 11) is 0. The minimum Gasteiger partial charge on any atom is -0.490 e. The van der Waals surface area contributed by atoms with Gasteiger partial charge in [-0.25, -0.2) is 4.39 Å². The van der Waals surface area contributed by atoms with Crippen molar-refractivity contribution in [3.8, 4) is 17.2 Å². The Kier molecular flexibility index (Phi) is 6.44. The zero-order chi connectivity index (χ0) is 18.2. The molecule has 26 heavy (non-hydrogen) atoms. The maximum atomic E-state index is 12.9. The molecular formula is C20H22FNO4. The number of carbonyl (C=O) groups excluding carboxylic acids is 1. The Morgan fingerprint density at radius 2 is 1.50 bits per heavy atom. The zero-order valence-electron chi connectivity index (χ0n) is 14.4. The van der Waals surface area contributed by atoms with Crippen LogP contribution in [0.1, 0.15) is 12.8 Å². The number of carbonyl (C=O) groups is 1. The van der Waals surface area contributed by atoms with Crippen LogP contribution in [0.2, 0.25) is 0 Å². The predicted octanol–water partition coefficient (Wildman–Crippen LogP) is 3.54. The molecule has 0 atom stereocenters. The van der Waals surface area contributed by atoms with Gasteiger partial charge in [0, 0.05) is 0 Å². The molecule has 1 aliphatic heterocycles. The molecule has 1 N–H and O–H groups in total. The van der Waals surface area contributed by atoms with Gasteiger partial charge in [-0.1, -0.05) is 0 Å². The molecule has 1 fully saturated rings. The van der Waals surface area contributed by atoms with E-state index in [1.807, 2.05) is 0 Å². The van der Waals surface area contributed by atoms with Gasteiger partial charge in [-0.15, -0.1) is 0 Å². The van der Waals surface area contributed by atoms with Gasteiger partial charge in [0.25, 0.3) is 0 Å². The molecule has 0 bridgehead atoms. The fourth-order valence-electron chi connectivity index (χ4n) is 2.72. The molecule has 0 aliphatic carbocycles. The van der Waals surface area contributed by atoms with E-state index in [-0.39, 0.29) is 24.3 Å². The van der Waals surface area contributed by atoms with Crippen molar-refractivity contribution in [1.29, 1.82) is 0 Å². The van der Waals surface area contributed by atoms with Crippen LogP contribution < -0.4 is 14.8 Å². The summed E-state index contributed by atoms with van der Waals surface area (Å²) < 4.78 is 29.3. The number of rotatable bonds is 7. The van der Waals surface area contributed by atoms with Crippen molar-refractivity contribution < 1.29 is 23.4 Å². The van der Waals surface area contributed by atoms with Crippen molar-refractivity contribution >= 4 is 5.97 Å². The molecule has 3 rings (SSSR count). The van der Waals surface area contributed by atoms with Gasteiger partial charge >= 0.3 is 5.97 Å². The Morgan fingerprint density at radius 3 is 2.15 bits per heavy atom. The van der Waals surface area contributed by atoms with E-state index < -0.39 is 0 Å². The van der Waals surface area contributed by atoms with Crippen LogP contribution in [0.5, 0.6) is 17.2 Å². The van der Waals surface area contributed by atoms with Crippen LogP contribution in [0.4, 0.5) is 4.39 Å². The molecule has 5 nitrogen and oxygen atoms in total. The summed E-state index contributed by atoms with van der Waals surface area (Å²) in [6.07, 6.45) is 1.66. The first-order valence-electron chi connectivity index (χ1n) is 8.74. The van der Waals surface area contributed by atoms with Gasteiger partial charge in [0.15, 0.2) is 0 Å². The standard InChI is InChI=1S/C20H22FNO4/c21-16-1-3-18(4-2-16)26-19-7-5-17(6-8-19)24-13-14-25-20(23)15-9-11-22-12-10-15/h1-8,15,22H,9-14H2. The Balaban J connectivity index is 1.38. The summed E-state index contributed by atoms with van der Waals surface area (Å²) in [5.41, 5.74) is 0. The molecule has 1 heterocycles. The first kappa shape index (κ1) is 18.2. The van der Waals surface area contributed by atoms with Crippen molar-refractivity contribution in [1.82, 2.24) is 5.32 Å². The monoisotopic (exact) mass is 359 g/mol. The van der Waals surface area contributed by atoms with Gasteiger partial charge in [-0.05, 0) is 74.5 Å². The van der Waals surface area contributed by atoms with E-state index in [0.717, 1.165) is 25.9 Å². The van der Waals surface area contributed by atoms with Crippen LogP contribution in [0.15, 0.2) is 48.5 Å². The normalized spacial score (nSPS) is 14.7. The van der Waals surface area contributed by atoms with Crippen molar-refractivity contribution in [3.63, 3.8) is 0 Å². The Labute approximate surface area is 152 Å². The molecule has 2 aromatic rings. The lowest BCUT2D eigenvalue weighted by Crippen LogP contribution is -2.33. The molecule has 1 saturated heterocycles. The molecule has 0 amide bonds. The number of ether oxygens (including phenoxy) is 3. The van der Waals surface area contributed by atoms with Crippen LogP contribution in [-0.4, -0.2) is 32.3 Å². The van der Waals surface area contributed by atoms with Gasteiger partial charge in [-0.2, -0.15) is 0 Å². The first-order chi connectivity index (χ1) is 12.7. The highest BCUT2D eigenvalue weighted by atomic mass is 19.1. The molecule has 1 aliphatic rings. The van der Waals surface area contributed by atoms with E-state index in [1.165, 1.54) is 12.1 Å². The predicted molar refractivity (Wildman–Crippen MR) is 95.0 cm³/mol. The topological polar surface area (TPSA) is 56.8 Å². The second kappa shape index (κ2) is 9.20. The Hall–Kier alpha value is -2.60. The average molecular weight is 359 g/mol. The fourth-order valence-corrected chi connectivity index (χ4v) is 2.72. The summed E-state index contributed by atoms with van der Waals surface area (Å²) in [6, 6.07) is 12.9. The van der Waals surface area contributed by atoms with E-state index in [9.17, 15) is 9.18 Å². The minimum absolute atomic E-state index is 0.000793. The third-order valence-corrected chi connectivity index (χ3v) is 4.14. The molecule has 0 radical (unpaired) electrons. The quantitative estimate of drug-likeness (QED) is 0.605. The summed E-state index contributed by atoms with van der Waals surface area (Å²) in [5.74, 6) is 1.40. The molecule has 0 unspecified atom stereocenters. The molecule has 0 saturated carbocycles. The van der Waals surface area contributed by atoms with Gasteiger partial charge in [0.1, 0.15) is 36.3 Å². The van der Waals surface area contributed by atoms with Crippen molar-refractivity contribution in [2.45, 2.75) is 12.8 Å². The van der Waals surface area contributed by atoms with Crippen LogP contribution in [0.3, 0.4) is 0 Å². The van der Waals surface area contributed by atoms with Crippen LogP contribution >= 0.6 is 0 Å². The van der Waals surface area contributed by atoms with E-state index in [0.29, 0.717) is 23.9 Å². The number of hydrogen-bond acceptors (Lipinski definition) is 5. The maximum Gasteiger partial charge on any atom is 0.309 e. The number of piperidine rings is 1. The number of benzene rings is 2. The first-order valence-corrected chi connectivity index (χ1v) is 8.74. The smallest absolute Gasteiger partial charge is 0.309 e. The molecule has 2 aromatic carbocycles. The third kappa shape index (κ3) is 5.46. The fraction of sp³-hybridized carbons (Fsp3) is 0.350. The number of halogens is 1. The molecule has 0 aromatic heterocycles. The Morgan fingerprint density at radius 1 is 0.923 bits per heavy atom. The lowest BCUT2D eigenvalue weighted by Gasteiger charge is -2.20. The molecular weight excluding hydrogens is 337 g/mol. The largest absolute Gasteiger partial charge is 0.490 e. The number of nitrogens with one attached hydrogen (secondary N) is 1. The van der Waals surface area contributed by atoms with Gasteiger partial charge in [-0.3, -0.25) is 4.79 Å². The second-order valence-corrected chi connectivity index (χ2v) is 6.07. The minimum atomic E-state index is -0.304. The SMILES string of the molecule is O=C(OCCOc1ccc(Oc2ccc(F)cc2)cc1)C1CCNCC1. The van der Waals surface area contributed by atoms with Crippen molar-refractivity contribution in [3.05, 3.63) is 54.3 Å². The number of hydrogen-bond donors (Lipinski definition) is 1. The van der Waals surface area contributed by atoms with Gasteiger partial charge in [0.05, 0.1) is 5.92 Å². The van der Waals surface area contributed by atoms with Crippen LogP contribution in [0.25, 0.3) is 0 Å². The highest BCUT2D eigenvalue weighted by Gasteiger charge is 2.21. The van der Waals surface area contributed by atoms with Crippen LogP contribution in [0, 0.1) is 11.7 Å². The number of esters is 1. The van der Waals surface area contributed by atoms with Gasteiger partial charge < -0.3 is 19.5 Å². The summed E-state index contributed by atoms with van der Waals surface area (Å²) in [6.45, 7) is 2.26. The lowest BCUT2D eigenvalue weighted by atomic mass is 9.99. The van der Waals surface area contributed by atoms with E-state index in [4.69, 9.17) is 14.2 Å². The van der Waals surface area contributed by atoms with E-state index in [1.54, 1.807) is 36.4 Å². The lowest BCUT2D eigenvalue weighted by molar-refractivity contribution is -0.150. The summed E-state index contributed by atoms with van der Waals surface area (Å²) in [5, 5.41) is 3.22. The van der Waals surface area contributed by atoms with Crippen molar-refractivity contribution in [2.24, 2.45) is 5.92 Å². The van der Waals surface area contributed by atoms with Gasteiger partial charge in [0.2, 0.25) is 0 Å². The van der Waals surface area contributed by atoms with Crippen LogP contribution in [-0.2, 0) is 9.53 Å². The molecule has 138 valence electrons. The summed E-state index contributed by atoms with van der Waals surface area (Å²) in [4.78, 5) is 11.9. The second-order valence-electron chi connectivity index (χ2n) is 6.07. The highest BCUT2D eigenvalue weighted by Crippen LogP contribution is 2.24. The average Bonchev–Trinajstić information content (AvgIpc) is 2.69.